The molecule has 0 bridgehead atoms. The molecular weight excluding hydrogens is 264 g/mol. The zero-order chi connectivity index (χ0) is 14.0. The van der Waals surface area contributed by atoms with Crippen molar-refractivity contribution in [1.29, 1.82) is 0 Å². The van der Waals surface area contributed by atoms with Gasteiger partial charge >= 0.3 is 0 Å². The molecule has 0 aromatic carbocycles. The number of likely N-dealkylation sites (tertiary alicyclic amines) is 1. The van der Waals surface area contributed by atoms with E-state index >= 15 is 0 Å². The monoisotopic (exact) mass is 288 g/mol. The molecule has 2 N–H and O–H groups in total. The van der Waals surface area contributed by atoms with Gasteiger partial charge in [-0.3, -0.25) is 4.79 Å². The lowest BCUT2D eigenvalue weighted by molar-refractivity contribution is -0.137. The third-order valence-electron chi connectivity index (χ3n) is 4.41. The van der Waals surface area contributed by atoms with Gasteiger partial charge < -0.3 is 10.6 Å². The first-order valence-electron chi connectivity index (χ1n) is 7.21. The molecule has 2 aliphatic heterocycles. The van der Waals surface area contributed by atoms with Crippen LogP contribution >= 0.6 is 0 Å². The summed E-state index contributed by atoms with van der Waals surface area (Å²) in [6.07, 6.45) is 4.87. The Labute approximate surface area is 115 Å². The van der Waals surface area contributed by atoms with Gasteiger partial charge in [0.05, 0.1) is 5.75 Å². The summed E-state index contributed by atoms with van der Waals surface area (Å²) in [5.41, 5.74) is 5.75. The molecule has 2 fully saturated rings. The minimum absolute atomic E-state index is 0.00776. The van der Waals surface area contributed by atoms with E-state index in [1.54, 1.807) is 4.90 Å². The van der Waals surface area contributed by atoms with Crippen LogP contribution in [0.3, 0.4) is 0 Å². The summed E-state index contributed by atoms with van der Waals surface area (Å²) in [5, 5.41) is -0.823. The zero-order valence-corrected chi connectivity index (χ0v) is 12.4. The Morgan fingerprint density at radius 1 is 1.21 bits per heavy atom. The Balaban J connectivity index is 2.21. The third-order valence-corrected chi connectivity index (χ3v) is 6.57. The van der Waals surface area contributed by atoms with Crippen LogP contribution in [0.25, 0.3) is 0 Å². The van der Waals surface area contributed by atoms with Gasteiger partial charge in [0.1, 0.15) is 5.25 Å². The van der Waals surface area contributed by atoms with Gasteiger partial charge in [-0.1, -0.05) is 6.42 Å². The average molecular weight is 288 g/mol. The second-order valence-corrected chi connectivity index (χ2v) is 8.07. The first-order valence-corrected chi connectivity index (χ1v) is 8.92. The van der Waals surface area contributed by atoms with Gasteiger partial charge in [-0.2, -0.15) is 0 Å². The molecular formula is C13H24N2O3S. The van der Waals surface area contributed by atoms with E-state index < -0.39 is 15.1 Å². The van der Waals surface area contributed by atoms with Crippen LogP contribution in [0.15, 0.2) is 0 Å². The Hall–Kier alpha value is -0.620. The summed E-state index contributed by atoms with van der Waals surface area (Å²) in [7, 11) is -3.26. The molecule has 1 amide bonds. The molecule has 2 heterocycles. The minimum atomic E-state index is -3.26. The van der Waals surface area contributed by atoms with Gasteiger partial charge in [0.15, 0.2) is 9.84 Å². The minimum Gasteiger partial charge on any atom is -0.335 e. The highest BCUT2D eigenvalue weighted by atomic mass is 32.2. The van der Waals surface area contributed by atoms with E-state index in [0.29, 0.717) is 19.4 Å². The van der Waals surface area contributed by atoms with Gasteiger partial charge in [0.25, 0.3) is 0 Å². The van der Waals surface area contributed by atoms with E-state index in [0.717, 1.165) is 25.7 Å². The second-order valence-electron chi connectivity index (χ2n) is 5.77. The molecule has 6 heteroatoms. The first kappa shape index (κ1) is 14.8. The molecule has 19 heavy (non-hydrogen) atoms. The fourth-order valence-electron chi connectivity index (χ4n) is 3.31. The summed E-state index contributed by atoms with van der Waals surface area (Å²) in [5.74, 6) is -0.0545. The van der Waals surface area contributed by atoms with Crippen molar-refractivity contribution in [3.05, 3.63) is 0 Å². The van der Waals surface area contributed by atoms with Crippen LogP contribution in [0, 0.1) is 0 Å². The summed E-state index contributed by atoms with van der Waals surface area (Å²) < 4.78 is 24.2. The number of amides is 1. The van der Waals surface area contributed by atoms with Crippen molar-refractivity contribution >= 4 is 15.7 Å². The van der Waals surface area contributed by atoms with Crippen molar-refractivity contribution in [2.75, 3.05) is 12.3 Å². The predicted molar refractivity (Wildman–Crippen MR) is 74.4 cm³/mol. The van der Waals surface area contributed by atoms with Gasteiger partial charge in [-0.15, -0.1) is 0 Å². The van der Waals surface area contributed by atoms with E-state index in [4.69, 9.17) is 5.73 Å². The molecule has 0 radical (unpaired) electrons. The molecule has 3 atom stereocenters. The second kappa shape index (κ2) is 5.79. The van der Waals surface area contributed by atoms with Crippen LogP contribution in [0.2, 0.25) is 0 Å². The quantitative estimate of drug-likeness (QED) is 0.810. The predicted octanol–water partition coefficient (Wildman–Crippen LogP) is 0.682. The smallest absolute Gasteiger partial charge is 0.241 e. The summed E-state index contributed by atoms with van der Waals surface area (Å²) in [6, 6.07) is 0.111. The van der Waals surface area contributed by atoms with E-state index in [1.807, 2.05) is 6.92 Å². The molecule has 0 aromatic heterocycles. The van der Waals surface area contributed by atoms with E-state index in [1.165, 1.54) is 0 Å². The maximum atomic E-state index is 12.6. The number of nitrogens with two attached hydrogens (primary N) is 1. The maximum Gasteiger partial charge on any atom is 0.241 e. The lowest BCUT2D eigenvalue weighted by Crippen LogP contribution is -2.56. The van der Waals surface area contributed by atoms with Crippen molar-refractivity contribution in [2.24, 2.45) is 5.73 Å². The fraction of sp³-hybridized carbons (Fsp3) is 0.923. The van der Waals surface area contributed by atoms with Crippen molar-refractivity contribution in [2.45, 2.75) is 62.8 Å². The number of rotatable bonds is 2. The molecule has 2 saturated heterocycles. The number of piperidine rings is 1. The number of hydrogen-bond acceptors (Lipinski definition) is 4. The Kier molecular flexibility index (Phi) is 4.50. The molecule has 0 aliphatic carbocycles. The SMILES string of the molecule is CC1CCCC(CN)N1C(=O)C1CCCCS1(=O)=O. The Morgan fingerprint density at radius 2 is 1.95 bits per heavy atom. The molecule has 0 aromatic rings. The molecule has 0 spiro atoms. The zero-order valence-electron chi connectivity index (χ0n) is 11.5. The van der Waals surface area contributed by atoms with Crippen molar-refractivity contribution in [3.63, 3.8) is 0 Å². The number of sulfone groups is 1. The molecule has 2 rings (SSSR count). The highest BCUT2D eigenvalue weighted by Gasteiger charge is 2.41. The number of carbonyl (C=O) groups is 1. The van der Waals surface area contributed by atoms with Crippen molar-refractivity contribution in [1.82, 2.24) is 4.90 Å². The van der Waals surface area contributed by atoms with Gasteiger partial charge in [-0.05, 0) is 39.0 Å². The summed E-state index contributed by atoms with van der Waals surface area (Å²) in [4.78, 5) is 14.4. The number of carbonyl (C=O) groups excluding carboxylic acids is 1. The van der Waals surface area contributed by atoms with E-state index in [-0.39, 0.29) is 23.7 Å². The molecule has 110 valence electrons. The van der Waals surface area contributed by atoms with Crippen LogP contribution in [0.1, 0.15) is 45.4 Å². The Morgan fingerprint density at radius 3 is 2.58 bits per heavy atom. The highest BCUT2D eigenvalue weighted by molar-refractivity contribution is 7.92. The van der Waals surface area contributed by atoms with Crippen LogP contribution in [-0.4, -0.2) is 48.9 Å². The van der Waals surface area contributed by atoms with E-state index in [2.05, 4.69) is 0 Å². The number of hydrogen-bond donors (Lipinski definition) is 1. The molecule has 5 nitrogen and oxygen atoms in total. The topological polar surface area (TPSA) is 80.5 Å². The summed E-state index contributed by atoms with van der Waals surface area (Å²) >= 11 is 0. The summed E-state index contributed by atoms with van der Waals surface area (Å²) in [6.45, 7) is 2.41. The first-order chi connectivity index (χ1) is 8.97. The normalized spacial score (nSPS) is 35.1. The largest absolute Gasteiger partial charge is 0.335 e. The van der Waals surface area contributed by atoms with Crippen molar-refractivity contribution < 1.29 is 13.2 Å². The van der Waals surface area contributed by atoms with Crippen LogP contribution in [0.5, 0.6) is 0 Å². The van der Waals surface area contributed by atoms with Gasteiger partial charge in [0.2, 0.25) is 5.91 Å². The van der Waals surface area contributed by atoms with Crippen molar-refractivity contribution in [3.8, 4) is 0 Å². The van der Waals surface area contributed by atoms with E-state index in [9.17, 15) is 13.2 Å². The lowest BCUT2D eigenvalue weighted by atomic mass is 9.95. The van der Waals surface area contributed by atoms with Gasteiger partial charge in [0, 0.05) is 18.6 Å². The average Bonchev–Trinajstić information content (AvgIpc) is 2.37. The molecule has 2 aliphatic rings. The Bertz CT molecular complexity index is 435. The highest BCUT2D eigenvalue weighted by Crippen LogP contribution is 2.28. The fourth-order valence-corrected chi connectivity index (χ4v) is 5.16. The number of nitrogens with zero attached hydrogens (tertiary/aromatic N) is 1. The maximum absolute atomic E-state index is 12.6. The molecule has 3 unspecified atom stereocenters. The van der Waals surface area contributed by atoms with Gasteiger partial charge in [-0.25, -0.2) is 8.42 Å². The van der Waals surface area contributed by atoms with Crippen LogP contribution < -0.4 is 5.73 Å². The lowest BCUT2D eigenvalue weighted by Gasteiger charge is -2.42. The molecule has 0 saturated carbocycles. The van der Waals surface area contributed by atoms with Crippen LogP contribution in [0.4, 0.5) is 0 Å². The standard InChI is InChI=1S/C13H24N2O3S/c1-10-5-4-6-11(9-14)15(10)13(16)12-7-2-3-8-19(12,17)18/h10-12H,2-9,14H2,1H3. The third kappa shape index (κ3) is 2.94. The van der Waals surface area contributed by atoms with Crippen LogP contribution in [-0.2, 0) is 14.6 Å².